The molecule has 0 aromatic heterocycles. The molecule has 1 aromatic carbocycles. The first-order valence-corrected chi connectivity index (χ1v) is 5.24. The number of benzene rings is 1. The van der Waals surface area contributed by atoms with Gasteiger partial charge in [-0.1, -0.05) is 6.07 Å². The van der Waals surface area contributed by atoms with Crippen LogP contribution in [0.15, 0.2) is 24.3 Å². The van der Waals surface area contributed by atoms with E-state index in [0.717, 1.165) is 24.0 Å². The van der Waals surface area contributed by atoms with Crippen LogP contribution < -0.4 is 5.73 Å². The molecule has 0 aliphatic heterocycles. The van der Waals surface area contributed by atoms with Crippen molar-refractivity contribution in [3.8, 4) is 6.07 Å². The van der Waals surface area contributed by atoms with Crippen LogP contribution in [-0.2, 0) is 4.79 Å². The number of allylic oxidation sites excluding steroid dienone is 2. The molecule has 0 spiro atoms. The molecule has 3 heteroatoms. The summed E-state index contributed by atoms with van der Waals surface area (Å²) in [6.45, 7) is 0. The summed E-state index contributed by atoms with van der Waals surface area (Å²) in [6.07, 6.45) is 3.87. The number of carbonyl (C=O) groups is 1. The molecular weight excluding hydrogens is 200 g/mol. The van der Waals surface area contributed by atoms with Crippen molar-refractivity contribution in [3.63, 3.8) is 0 Å². The fourth-order valence-corrected chi connectivity index (χ4v) is 2.01. The number of carbonyl (C=O) groups excluding carboxylic acids is 1. The molecule has 80 valence electrons. The van der Waals surface area contributed by atoms with E-state index in [1.165, 1.54) is 0 Å². The van der Waals surface area contributed by atoms with Gasteiger partial charge in [0.1, 0.15) is 0 Å². The molecule has 0 heterocycles. The van der Waals surface area contributed by atoms with E-state index in [1.807, 2.05) is 0 Å². The van der Waals surface area contributed by atoms with Gasteiger partial charge in [0.2, 0.25) is 0 Å². The smallest absolute Gasteiger partial charge is 0.155 e. The van der Waals surface area contributed by atoms with Crippen molar-refractivity contribution in [2.24, 2.45) is 0 Å². The molecule has 0 atom stereocenters. The fraction of sp³-hybridized carbons (Fsp3) is 0.231. The first kappa shape index (κ1) is 10.4. The summed E-state index contributed by atoms with van der Waals surface area (Å²) >= 11 is 0. The number of hydrogen-bond donors (Lipinski definition) is 1. The Morgan fingerprint density at radius 3 is 2.81 bits per heavy atom. The number of nitrogen functional groups attached to an aromatic ring is 1. The summed E-state index contributed by atoms with van der Waals surface area (Å²) in [5.41, 5.74) is 8.61. The van der Waals surface area contributed by atoms with Gasteiger partial charge >= 0.3 is 0 Å². The fourth-order valence-electron chi connectivity index (χ4n) is 2.01. The Bertz CT molecular complexity index is 509. The Hall–Kier alpha value is -2.08. The average molecular weight is 212 g/mol. The Kier molecular flexibility index (Phi) is 2.74. The molecule has 0 amide bonds. The standard InChI is InChI=1S/C13H12N2O/c14-8-10-4-2-6-12(15)13(10)9-3-1-5-11(16)7-9/h2,4,6-7H,1,3,5,15H2. The minimum Gasteiger partial charge on any atom is -0.398 e. The van der Waals surface area contributed by atoms with Crippen molar-refractivity contribution in [2.75, 3.05) is 5.73 Å². The predicted molar refractivity (Wildman–Crippen MR) is 62.4 cm³/mol. The predicted octanol–water partition coefficient (Wildman–Crippen LogP) is 2.28. The molecule has 0 bridgehead atoms. The van der Waals surface area contributed by atoms with Crippen molar-refractivity contribution in [3.05, 3.63) is 35.4 Å². The van der Waals surface area contributed by atoms with E-state index in [9.17, 15) is 4.79 Å². The van der Waals surface area contributed by atoms with E-state index in [1.54, 1.807) is 24.3 Å². The quantitative estimate of drug-likeness (QED) is 0.726. The maximum Gasteiger partial charge on any atom is 0.155 e. The van der Waals surface area contributed by atoms with Gasteiger partial charge in [-0.3, -0.25) is 4.79 Å². The molecule has 3 nitrogen and oxygen atoms in total. The zero-order valence-corrected chi connectivity index (χ0v) is 8.86. The van der Waals surface area contributed by atoms with Crippen LogP contribution in [0.3, 0.4) is 0 Å². The van der Waals surface area contributed by atoms with Crippen LogP contribution in [0, 0.1) is 11.3 Å². The van der Waals surface area contributed by atoms with Crippen LogP contribution in [0.4, 0.5) is 5.69 Å². The van der Waals surface area contributed by atoms with E-state index in [2.05, 4.69) is 6.07 Å². The Morgan fingerprint density at radius 2 is 2.12 bits per heavy atom. The largest absolute Gasteiger partial charge is 0.398 e. The van der Waals surface area contributed by atoms with Crippen LogP contribution in [0.2, 0.25) is 0 Å². The highest BCUT2D eigenvalue weighted by Crippen LogP contribution is 2.31. The molecule has 2 N–H and O–H groups in total. The summed E-state index contributed by atoms with van der Waals surface area (Å²) in [5, 5.41) is 9.02. The molecule has 0 saturated carbocycles. The lowest BCUT2D eigenvalue weighted by Crippen LogP contribution is -2.05. The molecule has 1 aliphatic carbocycles. The summed E-state index contributed by atoms with van der Waals surface area (Å²) in [6, 6.07) is 7.36. The number of hydrogen-bond acceptors (Lipinski definition) is 3. The number of nitrogens with two attached hydrogens (primary N) is 1. The van der Waals surface area contributed by atoms with Gasteiger partial charge in [0, 0.05) is 17.7 Å². The highest BCUT2D eigenvalue weighted by Gasteiger charge is 2.16. The Balaban J connectivity index is 2.56. The zero-order valence-electron chi connectivity index (χ0n) is 8.86. The Labute approximate surface area is 94.2 Å². The molecular formula is C13H12N2O. The maximum absolute atomic E-state index is 11.4. The lowest BCUT2D eigenvalue weighted by atomic mass is 9.89. The zero-order chi connectivity index (χ0) is 11.5. The van der Waals surface area contributed by atoms with Gasteiger partial charge in [-0.15, -0.1) is 0 Å². The minimum absolute atomic E-state index is 0.119. The van der Waals surface area contributed by atoms with E-state index >= 15 is 0 Å². The Morgan fingerprint density at radius 1 is 1.31 bits per heavy atom. The second-order valence-corrected chi connectivity index (χ2v) is 3.87. The van der Waals surface area contributed by atoms with Crippen molar-refractivity contribution in [1.82, 2.24) is 0 Å². The summed E-state index contributed by atoms with van der Waals surface area (Å²) in [4.78, 5) is 11.4. The van der Waals surface area contributed by atoms with Crippen molar-refractivity contribution in [1.29, 1.82) is 5.26 Å². The monoisotopic (exact) mass is 212 g/mol. The summed E-state index contributed by atoms with van der Waals surface area (Å²) in [7, 11) is 0. The molecule has 0 unspecified atom stereocenters. The van der Waals surface area contributed by atoms with Gasteiger partial charge in [0.05, 0.1) is 11.6 Å². The van der Waals surface area contributed by atoms with Gasteiger partial charge in [-0.2, -0.15) is 5.26 Å². The van der Waals surface area contributed by atoms with Crippen LogP contribution in [0.1, 0.15) is 30.4 Å². The number of rotatable bonds is 1. The van der Waals surface area contributed by atoms with Crippen LogP contribution >= 0.6 is 0 Å². The third-order valence-electron chi connectivity index (χ3n) is 2.74. The van der Waals surface area contributed by atoms with Gasteiger partial charge in [0.15, 0.2) is 5.78 Å². The first-order valence-electron chi connectivity index (χ1n) is 5.24. The second kappa shape index (κ2) is 4.19. The van der Waals surface area contributed by atoms with Crippen LogP contribution in [-0.4, -0.2) is 5.78 Å². The summed E-state index contributed by atoms with van der Waals surface area (Å²) in [5.74, 6) is 0.119. The molecule has 0 fully saturated rings. The number of nitriles is 1. The van der Waals surface area contributed by atoms with Crippen LogP contribution in [0.25, 0.3) is 5.57 Å². The van der Waals surface area contributed by atoms with E-state index in [0.29, 0.717) is 17.7 Å². The third kappa shape index (κ3) is 1.82. The van der Waals surface area contributed by atoms with Crippen molar-refractivity contribution >= 4 is 17.0 Å². The molecule has 16 heavy (non-hydrogen) atoms. The SMILES string of the molecule is N#Cc1cccc(N)c1C1=CC(=O)CCC1. The van der Waals surface area contributed by atoms with Crippen LogP contribution in [0.5, 0.6) is 0 Å². The number of nitrogens with zero attached hydrogens (tertiary/aromatic N) is 1. The van der Waals surface area contributed by atoms with Gasteiger partial charge in [0.25, 0.3) is 0 Å². The summed E-state index contributed by atoms with van der Waals surface area (Å²) < 4.78 is 0. The normalized spacial score (nSPS) is 15.4. The molecule has 1 aromatic rings. The lowest BCUT2D eigenvalue weighted by molar-refractivity contribution is -0.114. The topological polar surface area (TPSA) is 66.9 Å². The average Bonchev–Trinajstić information content (AvgIpc) is 2.28. The van der Waals surface area contributed by atoms with E-state index in [4.69, 9.17) is 11.0 Å². The van der Waals surface area contributed by atoms with Gasteiger partial charge < -0.3 is 5.73 Å². The second-order valence-electron chi connectivity index (χ2n) is 3.87. The van der Waals surface area contributed by atoms with E-state index in [-0.39, 0.29) is 5.78 Å². The lowest BCUT2D eigenvalue weighted by Gasteiger charge is -2.15. The number of ketones is 1. The molecule has 0 saturated heterocycles. The third-order valence-corrected chi connectivity index (χ3v) is 2.74. The van der Waals surface area contributed by atoms with E-state index < -0.39 is 0 Å². The molecule has 1 aliphatic rings. The van der Waals surface area contributed by atoms with Crippen molar-refractivity contribution in [2.45, 2.75) is 19.3 Å². The number of anilines is 1. The highest BCUT2D eigenvalue weighted by molar-refractivity contribution is 6.00. The van der Waals surface area contributed by atoms with Crippen molar-refractivity contribution < 1.29 is 4.79 Å². The highest BCUT2D eigenvalue weighted by atomic mass is 16.1. The molecule has 0 radical (unpaired) electrons. The van der Waals surface area contributed by atoms with Gasteiger partial charge in [-0.05, 0) is 36.6 Å². The van der Waals surface area contributed by atoms with Gasteiger partial charge in [-0.25, -0.2) is 0 Å². The maximum atomic E-state index is 11.4. The first-order chi connectivity index (χ1) is 7.72. The minimum atomic E-state index is 0.119. The molecule has 2 rings (SSSR count).